The second-order valence-electron chi connectivity index (χ2n) is 7.55. The maximum atomic E-state index is 13.4. The van der Waals surface area contributed by atoms with Gasteiger partial charge in [-0.25, -0.2) is 4.98 Å². The summed E-state index contributed by atoms with van der Waals surface area (Å²) in [7, 11) is 1.96. The largest absolute Gasteiger partial charge is 0.319 e. The third kappa shape index (κ3) is 3.07. The zero-order chi connectivity index (χ0) is 21.7. The molecule has 0 fully saturated rings. The van der Waals surface area contributed by atoms with Crippen LogP contribution in [0.4, 0.5) is 0 Å². The van der Waals surface area contributed by atoms with Crippen LogP contribution >= 0.6 is 22.7 Å². The minimum absolute atomic E-state index is 0.257. The number of amides is 1. The molecule has 0 N–H and O–H groups in total. The summed E-state index contributed by atoms with van der Waals surface area (Å²) >= 11 is 3.15. The van der Waals surface area contributed by atoms with Gasteiger partial charge in [-0.1, -0.05) is 65.9 Å². The number of aryl methyl sites for hydroxylation is 1. The highest BCUT2D eigenvalue weighted by atomic mass is 32.1. The summed E-state index contributed by atoms with van der Waals surface area (Å²) in [4.78, 5) is 24.5. The SMILES string of the molecule is Cn1c(=NC(=O)c2cc(-c3cccs3)nc3ccccc23)sc2c3ccccc3ccc21. The van der Waals surface area contributed by atoms with Crippen molar-refractivity contribution in [1.82, 2.24) is 9.55 Å². The van der Waals surface area contributed by atoms with Crippen molar-refractivity contribution in [1.29, 1.82) is 0 Å². The number of aromatic nitrogens is 2. The van der Waals surface area contributed by atoms with Gasteiger partial charge in [-0.2, -0.15) is 4.99 Å². The number of carbonyl (C=O) groups is 1. The lowest BCUT2D eigenvalue weighted by molar-refractivity contribution is 0.0999. The Morgan fingerprint density at radius 3 is 2.59 bits per heavy atom. The molecule has 32 heavy (non-hydrogen) atoms. The molecule has 0 aliphatic heterocycles. The molecule has 3 aromatic heterocycles. The fourth-order valence-electron chi connectivity index (χ4n) is 4.01. The molecule has 3 heterocycles. The number of thiophene rings is 1. The lowest BCUT2D eigenvalue weighted by Crippen LogP contribution is -2.13. The lowest BCUT2D eigenvalue weighted by atomic mass is 10.1. The number of rotatable bonds is 2. The zero-order valence-corrected chi connectivity index (χ0v) is 18.8. The second kappa shape index (κ2) is 7.51. The average molecular weight is 452 g/mol. The molecule has 154 valence electrons. The van der Waals surface area contributed by atoms with Gasteiger partial charge in [0.05, 0.1) is 31.9 Å². The summed E-state index contributed by atoms with van der Waals surface area (Å²) in [6.45, 7) is 0. The number of benzene rings is 3. The molecule has 6 aromatic rings. The van der Waals surface area contributed by atoms with Crippen LogP contribution in [0.25, 0.3) is 42.5 Å². The summed E-state index contributed by atoms with van der Waals surface area (Å²) in [6, 6.07) is 26.1. The summed E-state index contributed by atoms with van der Waals surface area (Å²) < 4.78 is 3.13. The van der Waals surface area contributed by atoms with Crippen molar-refractivity contribution < 1.29 is 4.79 Å². The summed E-state index contributed by atoms with van der Waals surface area (Å²) in [5.41, 5.74) is 3.23. The van der Waals surface area contributed by atoms with E-state index >= 15 is 0 Å². The zero-order valence-electron chi connectivity index (χ0n) is 17.1. The van der Waals surface area contributed by atoms with E-state index < -0.39 is 0 Å². The molecular weight excluding hydrogens is 434 g/mol. The van der Waals surface area contributed by atoms with E-state index in [4.69, 9.17) is 4.98 Å². The maximum absolute atomic E-state index is 13.4. The number of pyridine rings is 1. The van der Waals surface area contributed by atoms with Crippen molar-refractivity contribution in [2.75, 3.05) is 0 Å². The average Bonchev–Trinajstić information content (AvgIpc) is 3.47. The van der Waals surface area contributed by atoms with E-state index in [0.717, 1.165) is 31.7 Å². The van der Waals surface area contributed by atoms with Crippen molar-refractivity contribution in [3.8, 4) is 10.6 Å². The van der Waals surface area contributed by atoms with Crippen LogP contribution < -0.4 is 4.80 Å². The maximum Gasteiger partial charge on any atom is 0.280 e. The Morgan fingerprint density at radius 1 is 0.938 bits per heavy atom. The van der Waals surface area contributed by atoms with Gasteiger partial charge >= 0.3 is 0 Å². The first-order chi connectivity index (χ1) is 15.7. The fraction of sp³-hybridized carbons (Fsp3) is 0.0385. The minimum atomic E-state index is -0.257. The van der Waals surface area contributed by atoms with Gasteiger partial charge in [0.2, 0.25) is 0 Å². The van der Waals surface area contributed by atoms with Crippen LogP contribution in [0.2, 0.25) is 0 Å². The highest BCUT2D eigenvalue weighted by Gasteiger charge is 2.15. The number of fused-ring (bicyclic) bond motifs is 4. The second-order valence-corrected chi connectivity index (χ2v) is 9.47. The molecule has 0 aliphatic rings. The third-order valence-corrected chi connectivity index (χ3v) is 7.69. The van der Waals surface area contributed by atoms with Crippen molar-refractivity contribution >= 4 is 60.5 Å². The number of hydrogen-bond donors (Lipinski definition) is 0. The Morgan fingerprint density at radius 2 is 1.75 bits per heavy atom. The standard InChI is InChI=1S/C26H17N3OS2/c1-29-22-13-12-16-7-2-3-8-17(16)24(22)32-26(29)28-25(30)19-15-21(23-11-6-14-31-23)27-20-10-5-4-9-18(19)20/h2-15H,1H3. The molecule has 0 aliphatic carbocycles. The van der Waals surface area contributed by atoms with E-state index in [0.29, 0.717) is 10.4 Å². The lowest BCUT2D eigenvalue weighted by Gasteiger charge is -2.06. The van der Waals surface area contributed by atoms with Crippen LogP contribution in [0.1, 0.15) is 10.4 Å². The highest BCUT2D eigenvalue weighted by Crippen LogP contribution is 2.29. The van der Waals surface area contributed by atoms with E-state index in [1.165, 1.54) is 10.8 Å². The third-order valence-electron chi connectivity index (χ3n) is 5.62. The van der Waals surface area contributed by atoms with Gasteiger partial charge in [-0.3, -0.25) is 4.79 Å². The van der Waals surface area contributed by atoms with Gasteiger partial charge in [-0.15, -0.1) is 11.3 Å². The highest BCUT2D eigenvalue weighted by molar-refractivity contribution is 7.17. The Kier molecular flexibility index (Phi) is 4.48. The molecule has 0 saturated carbocycles. The topological polar surface area (TPSA) is 47.2 Å². The molecular formula is C26H17N3OS2. The van der Waals surface area contributed by atoms with E-state index in [9.17, 15) is 4.79 Å². The normalized spacial score (nSPS) is 12.2. The summed E-state index contributed by atoms with van der Waals surface area (Å²) in [6.07, 6.45) is 0. The fourth-order valence-corrected chi connectivity index (χ4v) is 5.85. The first kappa shape index (κ1) is 19.1. The molecule has 0 atom stereocenters. The quantitative estimate of drug-likeness (QED) is 0.305. The number of carbonyl (C=O) groups excluding carboxylic acids is 1. The summed E-state index contributed by atoms with van der Waals surface area (Å²) in [5, 5.41) is 5.18. The molecule has 0 bridgehead atoms. The van der Waals surface area contributed by atoms with Gasteiger partial charge in [0.15, 0.2) is 4.80 Å². The molecule has 0 unspecified atom stereocenters. The molecule has 0 spiro atoms. The van der Waals surface area contributed by atoms with Crippen molar-refractivity contribution in [3.63, 3.8) is 0 Å². The van der Waals surface area contributed by atoms with Crippen LogP contribution in [-0.4, -0.2) is 15.5 Å². The van der Waals surface area contributed by atoms with E-state index in [2.05, 4.69) is 29.3 Å². The smallest absolute Gasteiger partial charge is 0.280 e. The van der Waals surface area contributed by atoms with Crippen LogP contribution in [-0.2, 0) is 7.05 Å². The molecule has 3 aromatic carbocycles. The van der Waals surface area contributed by atoms with Crippen molar-refractivity contribution in [2.24, 2.45) is 12.0 Å². The number of hydrogen-bond acceptors (Lipinski definition) is 4. The van der Waals surface area contributed by atoms with Gasteiger partial charge < -0.3 is 4.57 Å². The van der Waals surface area contributed by atoms with E-state index in [1.54, 1.807) is 22.7 Å². The first-order valence-corrected chi connectivity index (χ1v) is 11.9. The Bertz CT molecular complexity index is 1710. The van der Waals surface area contributed by atoms with Crippen LogP contribution in [0.3, 0.4) is 0 Å². The van der Waals surface area contributed by atoms with Crippen LogP contribution in [0.15, 0.2) is 89.2 Å². The molecule has 6 rings (SSSR count). The number of nitrogens with zero attached hydrogens (tertiary/aromatic N) is 3. The van der Waals surface area contributed by atoms with Crippen molar-refractivity contribution in [2.45, 2.75) is 0 Å². The van der Waals surface area contributed by atoms with E-state index in [1.807, 2.05) is 71.6 Å². The van der Waals surface area contributed by atoms with Gasteiger partial charge in [0.25, 0.3) is 5.91 Å². The summed E-state index contributed by atoms with van der Waals surface area (Å²) in [5.74, 6) is -0.257. The molecule has 6 heteroatoms. The van der Waals surface area contributed by atoms with Gasteiger partial charge in [0.1, 0.15) is 0 Å². The molecule has 1 amide bonds. The van der Waals surface area contributed by atoms with Gasteiger partial charge in [0, 0.05) is 17.8 Å². The monoisotopic (exact) mass is 451 g/mol. The van der Waals surface area contributed by atoms with Gasteiger partial charge in [-0.05, 0) is 35.0 Å². The number of thiazole rings is 1. The predicted octanol–water partition coefficient (Wildman–Crippen LogP) is 6.41. The Hall–Kier alpha value is -3.61. The number of para-hydroxylation sites is 1. The first-order valence-electron chi connectivity index (χ1n) is 10.2. The molecule has 4 nitrogen and oxygen atoms in total. The van der Waals surface area contributed by atoms with E-state index in [-0.39, 0.29) is 5.91 Å². The Labute approximate surface area is 191 Å². The van der Waals surface area contributed by atoms with Crippen molar-refractivity contribution in [3.05, 3.63) is 94.6 Å². The molecule has 0 radical (unpaired) electrons. The predicted molar refractivity (Wildman–Crippen MR) is 133 cm³/mol. The molecule has 0 saturated heterocycles. The minimum Gasteiger partial charge on any atom is -0.319 e. The van der Waals surface area contributed by atoms with Crippen LogP contribution in [0.5, 0.6) is 0 Å². The Balaban J connectivity index is 1.56. The van der Waals surface area contributed by atoms with Crippen LogP contribution in [0, 0.1) is 0 Å².